The number of furan rings is 1. The van der Waals surface area contributed by atoms with Gasteiger partial charge in [0.05, 0.1) is 11.8 Å². The quantitative estimate of drug-likeness (QED) is 0.932. The molecule has 0 spiro atoms. The normalized spacial score (nSPS) is 17.4. The van der Waals surface area contributed by atoms with E-state index >= 15 is 0 Å². The third-order valence-electron chi connectivity index (χ3n) is 3.02. The average molecular weight is 294 g/mol. The molecule has 0 aliphatic carbocycles. The smallest absolute Gasteiger partial charge is 0.257 e. The van der Waals surface area contributed by atoms with E-state index < -0.39 is 0 Å². The number of hydrogen-bond acceptors (Lipinski definition) is 3. The number of amides is 2. The molecule has 0 bridgehead atoms. The van der Waals surface area contributed by atoms with Gasteiger partial charge < -0.3 is 14.6 Å². The van der Waals surface area contributed by atoms with E-state index in [0.29, 0.717) is 12.1 Å². The van der Waals surface area contributed by atoms with E-state index in [-0.39, 0.29) is 23.9 Å². The summed E-state index contributed by atoms with van der Waals surface area (Å²) in [4.78, 5) is 25.8. The van der Waals surface area contributed by atoms with Gasteiger partial charge in [0, 0.05) is 12.6 Å². The fourth-order valence-electron chi connectivity index (χ4n) is 2.22. The van der Waals surface area contributed by atoms with E-state index in [1.165, 1.54) is 18.9 Å². The monoisotopic (exact) mass is 294 g/mol. The van der Waals surface area contributed by atoms with E-state index in [4.69, 9.17) is 4.42 Å². The van der Waals surface area contributed by atoms with Crippen LogP contribution in [-0.2, 0) is 4.79 Å². The van der Waals surface area contributed by atoms with Crippen molar-refractivity contribution in [3.05, 3.63) is 24.2 Å². The summed E-state index contributed by atoms with van der Waals surface area (Å²) in [5.74, 6) is -0.204. The first-order valence-electron chi connectivity index (χ1n) is 7.64. The van der Waals surface area contributed by atoms with Crippen LogP contribution in [0.1, 0.15) is 57.3 Å². The number of nitrogens with zero attached hydrogens (tertiary/aromatic N) is 1. The minimum atomic E-state index is -0.352. The Morgan fingerprint density at radius 2 is 2.10 bits per heavy atom. The topological polar surface area (TPSA) is 62.6 Å². The Morgan fingerprint density at radius 3 is 2.62 bits per heavy atom. The van der Waals surface area contributed by atoms with Gasteiger partial charge in [0.15, 0.2) is 0 Å². The van der Waals surface area contributed by atoms with Crippen LogP contribution < -0.4 is 5.32 Å². The van der Waals surface area contributed by atoms with E-state index in [0.717, 1.165) is 12.8 Å². The molecule has 5 nitrogen and oxygen atoms in total. The second-order valence-electron chi connectivity index (χ2n) is 5.54. The maximum Gasteiger partial charge on any atom is 0.257 e. The second-order valence-corrected chi connectivity index (χ2v) is 5.54. The minimum Gasteiger partial charge on any atom is -0.472 e. The van der Waals surface area contributed by atoms with E-state index in [1.54, 1.807) is 11.0 Å². The van der Waals surface area contributed by atoms with Crippen molar-refractivity contribution < 1.29 is 14.0 Å². The number of carbonyl (C=O) groups is 2. The van der Waals surface area contributed by atoms with Gasteiger partial charge in [-0.1, -0.05) is 20.3 Å². The maximum atomic E-state index is 12.2. The average Bonchev–Trinajstić information content (AvgIpc) is 3.10. The molecule has 2 amide bonds. The molecule has 5 heteroatoms. The summed E-state index contributed by atoms with van der Waals surface area (Å²) in [6, 6.07) is 1.36. The summed E-state index contributed by atoms with van der Waals surface area (Å²) in [5, 5.41) is 2.86. The first-order valence-corrected chi connectivity index (χ1v) is 7.64. The van der Waals surface area contributed by atoms with Gasteiger partial charge in [-0.15, -0.1) is 0 Å². The number of nitrogens with one attached hydrogen (secondary N) is 1. The van der Waals surface area contributed by atoms with Crippen LogP contribution in [0.5, 0.6) is 0 Å². The Labute approximate surface area is 126 Å². The molecule has 1 saturated heterocycles. The third-order valence-corrected chi connectivity index (χ3v) is 3.02. The van der Waals surface area contributed by atoms with E-state index in [2.05, 4.69) is 19.2 Å². The van der Waals surface area contributed by atoms with E-state index in [1.807, 2.05) is 13.8 Å². The zero-order valence-electron chi connectivity index (χ0n) is 13.4. The van der Waals surface area contributed by atoms with Crippen LogP contribution in [0.25, 0.3) is 0 Å². The van der Waals surface area contributed by atoms with Crippen molar-refractivity contribution in [3.8, 4) is 0 Å². The van der Waals surface area contributed by atoms with Crippen LogP contribution in [0, 0.1) is 0 Å². The molecule has 0 saturated carbocycles. The molecule has 21 heavy (non-hydrogen) atoms. The standard InChI is InChI=1S/C13H18N2O3.C3H8/c1-9(2)14-12(16)11-4-3-6-15(11)13(17)10-5-7-18-8-10;1-3-2/h5,7-9,11H,3-4,6H2,1-2H3,(H,14,16);3H2,1-2H3. The summed E-state index contributed by atoms with van der Waals surface area (Å²) in [5.41, 5.74) is 0.499. The molecule has 1 aromatic heterocycles. The van der Waals surface area contributed by atoms with Crippen LogP contribution in [0.15, 0.2) is 23.0 Å². The van der Waals surface area contributed by atoms with Crippen molar-refractivity contribution in [2.24, 2.45) is 0 Å². The van der Waals surface area contributed by atoms with Gasteiger partial charge in [-0.3, -0.25) is 9.59 Å². The molecule has 1 aromatic rings. The molecule has 118 valence electrons. The zero-order valence-corrected chi connectivity index (χ0v) is 13.4. The first-order chi connectivity index (χ1) is 10.0. The molecule has 2 rings (SSSR count). The molecule has 0 aromatic carbocycles. The van der Waals surface area contributed by atoms with Gasteiger partial charge in [-0.2, -0.15) is 0 Å². The van der Waals surface area contributed by atoms with Gasteiger partial charge >= 0.3 is 0 Å². The summed E-state index contributed by atoms with van der Waals surface area (Å²) in [6.45, 7) is 8.70. The lowest BCUT2D eigenvalue weighted by molar-refractivity contribution is -0.125. The van der Waals surface area contributed by atoms with Crippen LogP contribution in [0.3, 0.4) is 0 Å². The fourth-order valence-corrected chi connectivity index (χ4v) is 2.22. The molecule has 1 atom stereocenters. The number of hydrogen-bond donors (Lipinski definition) is 1. The minimum absolute atomic E-state index is 0.0701. The molecule has 1 unspecified atom stereocenters. The summed E-state index contributed by atoms with van der Waals surface area (Å²) in [7, 11) is 0. The van der Waals surface area contributed by atoms with Crippen LogP contribution in [0.4, 0.5) is 0 Å². The molecule has 1 N–H and O–H groups in total. The van der Waals surface area contributed by atoms with Crippen molar-refractivity contribution in [1.29, 1.82) is 0 Å². The summed E-state index contributed by atoms with van der Waals surface area (Å²) >= 11 is 0. The first kappa shape index (κ1) is 17.3. The van der Waals surface area contributed by atoms with Crippen LogP contribution in [-0.4, -0.2) is 35.3 Å². The van der Waals surface area contributed by atoms with Crippen molar-refractivity contribution in [3.63, 3.8) is 0 Å². The molecule has 0 radical (unpaired) electrons. The predicted octanol–water partition coefficient (Wildman–Crippen LogP) is 2.83. The second kappa shape index (κ2) is 8.49. The Morgan fingerprint density at radius 1 is 1.43 bits per heavy atom. The molecule has 1 aliphatic rings. The highest BCUT2D eigenvalue weighted by Crippen LogP contribution is 2.20. The molecule has 1 fully saturated rings. The van der Waals surface area contributed by atoms with E-state index in [9.17, 15) is 9.59 Å². The molecular formula is C16H26N2O3. The lowest BCUT2D eigenvalue weighted by atomic mass is 10.2. The molecule has 1 aliphatic heterocycles. The van der Waals surface area contributed by atoms with Crippen molar-refractivity contribution >= 4 is 11.8 Å². The lowest BCUT2D eigenvalue weighted by Gasteiger charge is -2.24. The largest absolute Gasteiger partial charge is 0.472 e. The van der Waals surface area contributed by atoms with Crippen LogP contribution in [0.2, 0.25) is 0 Å². The highest BCUT2D eigenvalue weighted by molar-refractivity contribution is 5.97. The maximum absolute atomic E-state index is 12.2. The molecule has 2 heterocycles. The van der Waals surface area contributed by atoms with Gasteiger partial charge in [0.2, 0.25) is 5.91 Å². The Hall–Kier alpha value is -1.78. The summed E-state index contributed by atoms with van der Waals surface area (Å²) < 4.78 is 4.91. The summed E-state index contributed by atoms with van der Waals surface area (Å²) in [6.07, 6.45) is 5.71. The Kier molecular flexibility index (Phi) is 6.99. The van der Waals surface area contributed by atoms with Crippen molar-refractivity contribution in [1.82, 2.24) is 10.2 Å². The van der Waals surface area contributed by atoms with Gasteiger partial charge in [-0.25, -0.2) is 0 Å². The number of rotatable bonds is 3. The number of carbonyl (C=O) groups excluding carboxylic acids is 2. The van der Waals surface area contributed by atoms with Crippen LogP contribution >= 0.6 is 0 Å². The number of likely N-dealkylation sites (tertiary alicyclic amines) is 1. The fraction of sp³-hybridized carbons (Fsp3) is 0.625. The lowest BCUT2D eigenvalue weighted by Crippen LogP contribution is -2.47. The highest BCUT2D eigenvalue weighted by atomic mass is 16.3. The third kappa shape index (κ3) is 4.92. The van der Waals surface area contributed by atoms with Gasteiger partial charge in [-0.05, 0) is 32.8 Å². The Bertz CT molecular complexity index is 440. The Balaban J connectivity index is 0.000000677. The SMILES string of the molecule is CC(C)NC(=O)C1CCCN1C(=O)c1ccoc1.CCC. The van der Waals surface area contributed by atoms with Crippen molar-refractivity contribution in [2.45, 2.75) is 59.0 Å². The molecular weight excluding hydrogens is 268 g/mol. The van der Waals surface area contributed by atoms with Gasteiger partial charge in [0.1, 0.15) is 12.3 Å². The highest BCUT2D eigenvalue weighted by Gasteiger charge is 2.34. The van der Waals surface area contributed by atoms with Crippen molar-refractivity contribution in [2.75, 3.05) is 6.54 Å². The van der Waals surface area contributed by atoms with Gasteiger partial charge in [0.25, 0.3) is 5.91 Å². The zero-order chi connectivity index (χ0) is 15.8. The predicted molar refractivity (Wildman–Crippen MR) is 82.0 cm³/mol.